The number of pyridine rings is 1. The molecule has 2 aromatic rings. The van der Waals surface area contributed by atoms with Crippen LogP contribution in [0.5, 0.6) is 0 Å². The number of anilines is 1. The highest BCUT2D eigenvalue weighted by Gasteiger charge is 2.19. The molecule has 0 bridgehead atoms. The molecular weight excluding hydrogens is 296 g/mol. The number of aryl methyl sites for hydroxylation is 2. The van der Waals surface area contributed by atoms with Crippen LogP contribution in [0.25, 0.3) is 0 Å². The summed E-state index contributed by atoms with van der Waals surface area (Å²) < 4.78 is 1.44. The van der Waals surface area contributed by atoms with Gasteiger partial charge < -0.3 is 9.88 Å². The van der Waals surface area contributed by atoms with Gasteiger partial charge in [-0.1, -0.05) is 0 Å². The average molecular weight is 316 g/mol. The maximum atomic E-state index is 12.2. The zero-order valence-corrected chi connectivity index (χ0v) is 13.8. The van der Waals surface area contributed by atoms with Gasteiger partial charge in [-0.05, 0) is 62.3 Å². The van der Waals surface area contributed by atoms with E-state index in [9.17, 15) is 9.59 Å². The standard InChI is InChI=1S/C17H20N2O2S/c1-11-7-8-19(16(21)9-11)10-15(20)18-17-12(2)13-5-3-4-6-14(13)22-17/h7-9H,3-6,10H2,1-2H3,(H,18,20). The number of nitrogens with one attached hydrogen (secondary N) is 1. The van der Waals surface area contributed by atoms with Gasteiger partial charge in [-0.25, -0.2) is 0 Å². The molecule has 1 amide bonds. The van der Waals surface area contributed by atoms with Crippen molar-refractivity contribution in [2.24, 2.45) is 0 Å². The van der Waals surface area contributed by atoms with Gasteiger partial charge in [0.1, 0.15) is 6.54 Å². The van der Waals surface area contributed by atoms with Crippen molar-refractivity contribution in [3.63, 3.8) is 0 Å². The molecular formula is C17H20N2O2S. The van der Waals surface area contributed by atoms with Crippen molar-refractivity contribution in [2.45, 2.75) is 46.1 Å². The van der Waals surface area contributed by atoms with Crippen LogP contribution >= 0.6 is 11.3 Å². The van der Waals surface area contributed by atoms with E-state index in [2.05, 4.69) is 12.2 Å². The number of hydrogen-bond donors (Lipinski definition) is 1. The number of rotatable bonds is 3. The van der Waals surface area contributed by atoms with Crippen LogP contribution in [0.1, 0.15) is 34.4 Å². The van der Waals surface area contributed by atoms with Crippen LogP contribution in [-0.4, -0.2) is 10.5 Å². The van der Waals surface area contributed by atoms with Gasteiger partial charge in [0.15, 0.2) is 0 Å². The number of nitrogens with zero attached hydrogens (tertiary/aromatic N) is 1. The Balaban J connectivity index is 1.74. The van der Waals surface area contributed by atoms with E-state index in [1.54, 1.807) is 23.6 Å². The highest BCUT2D eigenvalue weighted by Crippen LogP contribution is 2.37. The number of carbonyl (C=O) groups excluding carboxylic acids is 1. The zero-order chi connectivity index (χ0) is 15.7. The highest BCUT2D eigenvalue weighted by atomic mass is 32.1. The summed E-state index contributed by atoms with van der Waals surface area (Å²) in [5.74, 6) is -0.146. The third-order valence-corrected chi connectivity index (χ3v) is 5.46. The van der Waals surface area contributed by atoms with E-state index in [-0.39, 0.29) is 18.0 Å². The van der Waals surface area contributed by atoms with Crippen LogP contribution in [-0.2, 0) is 24.2 Å². The minimum Gasteiger partial charge on any atom is -0.316 e. The molecule has 0 aromatic carbocycles. The van der Waals surface area contributed by atoms with Gasteiger partial charge in [0.2, 0.25) is 5.91 Å². The zero-order valence-electron chi connectivity index (χ0n) is 12.9. The molecule has 116 valence electrons. The maximum Gasteiger partial charge on any atom is 0.251 e. The molecule has 0 spiro atoms. The number of thiophene rings is 1. The van der Waals surface area contributed by atoms with E-state index in [0.29, 0.717) is 0 Å². The van der Waals surface area contributed by atoms with E-state index in [0.717, 1.165) is 23.4 Å². The van der Waals surface area contributed by atoms with Crippen molar-refractivity contribution < 1.29 is 4.79 Å². The van der Waals surface area contributed by atoms with Crippen molar-refractivity contribution in [3.8, 4) is 0 Å². The molecule has 0 saturated heterocycles. The fourth-order valence-corrected chi connectivity index (χ4v) is 4.21. The van der Waals surface area contributed by atoms with Crippen LogP contribution < -0.4 is 10.9 Å². The van der Waals surface area contributed by atoms with Gasteiger partial charge in [0, 0.05) is 17.1 Å². The molecule has 2 aromatic heterocycles. The van der Waals surface area contributed by atoms with E-state index >= 15 is 0 Å². The van der Waals surface area contributed by atoms with Crippen molar-refractivity contribution in [1.29, 1.82) is 0 Å². The van der Waals surface area contributed by atoms with Crippen molar-refractivity contribution in [1.82, 2.24) is 4.57 Å². The largest absolute Gasteiger partial charge is 0.316 e. The summed E-state index contributed by atoms with van der Waals surface area (Å²) in [6.07, 6.45) is 6.37. The second kappa shape index (κ2) is 6.08. The van der Waals surface area contributed by atoms with Gasteiger partial charge in [0.05, 0.1) is 5.00 Å². The summed E-state index contributed by atoms with van der Waals surface area (Å²) in [6, 6.07) is 3.38. The lowest BCUT2D eigenvalue weighted by molar-refractivity contribution is -0.116. The van der Waals surface area contributed by atoms with E-state index < -0.39 is 0 Å². The average Bonchev–Trinajstić information content (AvgIpc) is 2.79. The normalized spacial score (nSPS) is 13.7. The first kappa shape index (κ1) is 15.0. The summed E-state index contributed by atoms with van der Waals surface area (Å²) in [7, 11) is 0. The Morgan fingerprint density at radius 2 is 2.09 bits per heavy atom. The molecule has 22 heavy (non-hydrogen) atoms. The molecule has 0 radical (unpaired) electrons. The third-order valence-electron chi connectivity index (χ3n) is 4.15. The summed E-state index contributed by atoms with van der Waals surface area (Å²) in [5, 5.41) is 3.92. The first-order valence-electron chi connectivity index (χ1n) is 7.62. The highest BCUT2D eigenvalue weighted by molar-refractivity contribution is 7.16. The van der Waals surface area contributed by atoms with Gasteiger partial charge in [-0.2, -0.15) is 0 Å². The predicted molar refractivity (Wildman–Crippen MR) is 89.8 cm³/mol. The van der Waals surface area contributed by atoms with Crippen molar-refractivity contribution in [3.05, 3.63) is 50.3 Å². The van der Waals surface area contributed by atoms with E-state index in [1.165, 1.54) is 33.4 Å². The number of aromatic nitrogens is 1. The summed E-state index contributed by atoms with van der Waals surface area (Å²) in [4.78, 5) is 25.5. The molecule has 0 atom stereocenters. The lowest BCUT2D eigenvalue weighted by Gasteiger charge is -2.10. The van der Waals surface area contributed by atoms with Crippen LogP contribution in [0, 0.1) is 13.8 Å². The van der Waals surface area contributed by atoms with Crippen LogP contribution in [0.4, 0.5) is 5.00 Å². The van der Waals surface area contributed by atoms with Crippen molar-refractivity contribution >= 4 is 22.2 Å². The fourth-order valence-electron chi connectivity index (χ4n) is 2.90. The molecule has 5 heteroatoms. The van der Waals surface area contributed by atoms with Gasteiger partial charge >= 0.3 is 0 Å². The third kappa shape index (κ3) is 2.99. The Morgan fingerprint density at radius 1 is 1.32 bits per heavy atom. The molecule has 0 saturated carbocycles. The Morgan fingerprint density at radius 3 is 2.82 bits per heavy atom. The Kier molecular flexibility index (Phi) is 4.16. The summed E-state index contributed by atoms with van der Waals surface area (Å²) in [5.41, 5.74) is 3.38. The summed E-state index contributed by atoms with van der Waals surface area (Å²) >= 11 is 1.69. The fraction of sp³-hybridized carbons (Fsp3) is 0.412. The smallest absolute Gasteiger partial charge is 0.251 e. The molecule has 1 aliphatic rings. The van der Waals surface area contributed by atoms with Crippen LogP contribution in [0.2, 0.25) is 0 Å². The molecule has 1 aliphatic carbocycles. The molecule has 0 unspecified atom stereocenters. The molecule has 3 rings (SSSR count). The molecule has 0 aliphatic heterocycles. The molecule has 0 fully saturated rings. The Labute approximate surface area is 133 Å². The minimum absolute atomic E-state index is 0.0567. The van der Waals surface area contributed by atoms with Crippen LogP contribution in [0.15, 0.2) is 23.1 Å². The lowest BCUT2D eigenvalue weighted by Crippen LogP contribution is -2.26. The lowest BCUT2D eigenvalue weighted by atomic mass is 9.96. The molecule has 1 N–H and O–H groups in total. The van der Waals surface area contributed by atoms with E-state index in [4.69, 9.17) is 0 Å². The SMILES string of the molecule is Cc1ccn(CC(=O)Nc2sc3c(c2C)CCCC3)c(=O)c1. The molecule has 2 heterocycles. The number of fused-ring (bicyclic) bond motifs is 1. The van der Waals surface area contributed by atoms with Crippen molar-refractivity contribution in [2.75, 3.05) is 5.32 Å². The predicted octanol–water partition coefficient (Wildman–Crippen LogP) is 3.04. The van der Waals surface area contributed by atoms with Gasteiger partial charge in [-0.15, -0.1) is 11.3 Å². The second-order valence-corrected chi connectivity index (χ2v) is 6.99. The van der Waals surface area contributed by atoms with Crippen LogP contribution in [0.3, 0.4) is 0 Å². The van der Waals surface area contributed by atoms with Gasteiger partial charge in [0.25, 0.3) is 5.56 Å². The molecule has 4 nitrogen and oxygen atoms in total. The first-order chi connectivity index (χ1) is 10.5. The van der Waals surface area contributed by atoms with E-state index in [1.807, 2.05) is 13.0 Å². The number of hydrogen-bond acceptors (Lipinski definition) is 3. The Hall–Kier alpha value is -1.88. The quantitative estimate of drug-likeness (QED) is 0.946. The maximum absolute atomic E-state index is 12.2. The minimum atomic E-state index is -0.146. The number of carbonyl (C=O) groups is 1. The summed E-state index contributed by atoms with van der Waals surface area (Å²) in [6.45, 7) is 4.00. The first-order valence-corrected chi connectivity index (χ1v) is 8.44. The Bertz CT molecular complexity index is 773. The second-order valence-electron chi connectivity index (χ2n) is 5.88. The van der Waals surface area contributed by atoms with Gasteiger partial charge in [-0.3, -0.25) is 9.59 Å². The monoisotopic (exact) mass is 316 g/mol. The topological polar surface area (TPSA) is 51.1 Å². The number of amides is 1.